The van der Waals surface area contributed by atoms with E-state index in [0.29, 0.717) is 10.8 Å². The number of carbonyl (C=O) groups excluding carboxylic acids is 1. The monoisotopic (exact) mass is 434 g/mol. The van der Waals surface area contributed by atoms with E-state index in [1.54, 1.807) is 8.97 Å². The van der Waals surface area contributed by atoms with Gasteiger partial charge in [0.05, 0.1) is 18.6 Å². The molecule has 0 N–H and O–H groups in total. The van der Waals surface area contributed by atoms with Crippen molar-refractivity contribution >= 4 is 51.1 Å². The molecule has 0 aliphatic heterocycles. The third kappa shape index (κ3) is 3.28. The number of hydrogen-bond donors (Lipinski definition) is 0. The number of thiazole rings is 1. The lowest BCUT2D eigenvalue weighted by Crippen LogP contribution is -2.37. The van der Waals surface area contributed by atoms with Crippen molar-refractivity contribution in [3.8, 4) is 0 Å². The Bertz CT molecular complexity index is 1390. The van der Waals surface area contributed by atoms with Crippen molar-refractivity contribution in [3.05, 3.63) is 55.7 Å². The third-order valence-corrected chi connectivity index (χ3v) is 5.46. The Labute approximate surface area is 171 Å². The van der Waals surface area contributed by atoms with Gasteiger partial charge in [-0.3, -0.25) is 18.3 Å². The predicted molar refractivity (Wildman–Crippen MR) is 108 cm³/mol. The topological polar surface area (TPSA) is 105 Å². The van der Waals surface area contributed by atoms with Gasteiger partial charge in [0.1, 0.15) is 6.61 Å². The van der Waals surface area contributed by atoms with Gasteiger partial charge in [0.2, 0.25) is 0 Å². The van der Waals surface area contributed by atoms with Crippen LogP contribution in [0, 0.1) is 0 Å². The highest BCUT2D eigenvalue weighted by Crippen LogP contribution is 2.22. The Balaban J connectivity index is 1.46. The maximum atomic E-state index is 12.4. The number of aromatic nitrogens is 6. The van der Waals surface area contributed by atoms with Crippen LogP contribution in [-0.2, 0) is 30.2 Å². The molecule has 0 saturated heterocycles. The molecule has 4 aromatic rings. The number of esters is 1. The Morgan fingerprint density at radius 2 is 2.10 bits per heavy atom. The molecule has 0 fully saturated rings. The molecule has 10 nitrogen and oxygen atoms in total. The third-order valence-electron chi connectivity index (χ3n) is 4.43. The van der Waals surface area contributed by atoms with Gasteiger partial charge in [-0.15, -0.1) is 11.3 Å². The van der Waals surface area contributed by atoms with Crippen LogP contribution in [0.25, 0.3) is 22.2 Å². The van der Waals surface area contributed by atoms with Crippen molar-refractivity contribution in [1.29, 1.82) is 0 Å². The number of aryl methyl sites for hydroxylation is 1. The minimum Gasteiger partial charge on any atom is -0.461 e. The number of ether oxygens (including phenoxy) is 1. The van der Waals surface area contributed by atoms with E-state index < -0.39 is 17.2 Å². The van der Waals surface area contributed by atoms with Crippen LogP contribution in [-0.4, -0.2) is 40.6 Å². The fraction of sp³-hybridized carbons (Fsp3) is 0.235. The largest absolute Gasteiger partial charge is 0.461 e. The number of fused-ring (bicyclic) bond motifs is 2. The zero-order valence-corrected chi connectivity index (χ0v) is 17.0. The average molecular weight is 435 g/mol. The van der Waals surface area contributed by atoms with Gasteiger partial charge in [-0.25, -0.2) is 19.6 Å². The van der Waals surface area contributed by atoms with Crippen molar-refractivity contribution < 1.29 is 9.53 Å². The van der Waals surface area contributed by atoms with E-state index in [4.69, 9.17) is 16.3 Å². The van der Waals surface area contributed by atoms with Crippen LogP contribution in [0.1, 0.15) is 5.69 Å². The highest BCUT2D eigenvalue weighted by atomic mass is 35.5. The Kier molecular flexibility index (Phi) is 4.84. The van der Waals surface area contributed by atoms with Crippen LogP contribution >= 0.6 is 22.9 Å². The first kappa shape index (κ1) is 19.2. The minimum atomic E-state index is -0.559. The van der Waals surface area contributed by atoms with Gasteiger partial charge in [-0.2, -0.15) is 0 Å². The second-order valence-corrected chi connectivity index (χ2v) is 7.39. The summed E-state index contributed by atoms with van der Waals surface area (Å²) in [5, 5.41) is 2.16. The van der Waals surface area contributed by atoms with Gasteiger partial charge in [0, 0.05) is 31.7 Å². The molecule has 12 heteroatoms. The maximum Gasteiger partial charge on any atom is 0.332 e. The first-order chi connectivity index (χ1) is 13.9. The molecule has 0 radical (unpaired) electrons. The van der Waals surface area contributed by atoms with E-state index in [2.05, 4.69) is 9.97 Å². The molecule has 4 rings (SSSR count). The lowest BCUT2D eigenvalue weighted by molar-refractivity contribution is -0.137. The summed E-state index contributed by atoms with van der Waals surface area (Å²) >= 11 is 7.51. The molecule has 0 unspecified atom stereocenters. The van der Waals surface area contributed by atoms with Crippen LogP contribution in [0.2, 0.25) is 5.15 Å². The van der Waals surface area contributed by atoms with Gasteiger partial charge in [-0.1, -0.05) is 11.6 Å². The molecule has 150 valence electrons. The molecular weight excluding hydrogens is 420 g/mol. The summed E-state index contributed by atoms with van der Waals surface area (Å²) in [6.45, 7) is 0.236. The SMILES string of the molecule is Cn1c(=O)c2c(ncn2CCOC(=O)/C=C/c2c(Cl)nc3sccn23)n(C)c1=O. The molecule has 0 bridgehead atoms. The summed E-state index contributed by atoms with van der Waals surface area (Å²) in [7, 11) is 2.94. The zero-order chi connectivity index (χ0) is 20.7. The number of rotatable bonds is 5. The summed E-state index contributed by atoms with van der Waals surface area (Å²) in [5.74, 6) is -0.559. The van der Waals surface area contributed by atoms with Crippen LogP contribution in [0.3, 0.4) is 0 Å². The fourth-order valence-corrected chi connectivity index (χ4v) is 3.94. The van der Waals surface area contributed by atoms with E-state index in [1.165, 1.54) is 48.5 Å². The molecule has 4 heterocycles. The summed E-state index contributed by atoms with van der Waals surface area (Å²) in [6, 6.07) is 0. The number of imidazole rings is 2. The van der Waals surface area contributed by atoms with E-state index in [9.17, 15) is 14.4 Å². The lowest BCUT2D eigenvalue weighted by Gasteiger charge is -2.06. The van der Waals surface area contributed by atoms with Gasteiger partial charge in [0.15, 0.2) is 21.3 Å². The van der Waals surface area contributed by atoms with Gasteiger partial charge >= 0.3 is 11.7 Å². The van der Waals surface area contributed by atoms with Crippen LogP contribution in [0.4, 0.5) is 0 Å². The first-order valence-electron chi connectivity index (χ1n) is 8.45. The Morgan fingerprint density at radius 1 is 1.31 bits per heavy atom. The van der Waals surface area contributed by atoms with Crippen molar-refractivity contribution in [1.82, 2.24) is 28.1 Å². The molecule has 0 atom stereocenters. The van der Waals surface area contributed by atoms with Gasteiger partial charge in [-0.05, 0) is 6.08 Å². The second kappa shape index (κ2) is 7.33. The Morgan fingerprint density at radius 3 is 2.90 bits per heavy atom. The van der Waals surface area contributed by atoms with Crippen LogP contribution in [0.15, 0.2) is 33.6 Å². The Hall–Kier alpha value is -3.18. The molecule has 29 heavy (non-hydrogen) atoms. The first-order valence-corrected chi connectivity index (χ1v) is 9.71. The number of nitrogens with zero attached hydrogens (tertiary/aromatic N) is 6. The van der Waals surface area contributed by atoms with Crippen molar-refractivity contribution in [2.45, 2.75) is 6.54 Å². The standard InChI is InChI=1S/C17H15ClN6O4S/c1-21-14-12(15(26)22(2)17(21)27)23(9-19-14)5-7-28-11(25)4-3-10-13(18)20-16-24(10)6-8-29-16/h3-4,6,8-9H,5,7H2,1-2H3/b4-3+. The molecular formula is C17H15ClN6O4S. The highest BCUT2D eigenvalue weighted by molar-refractivity contribution is 7.15. The lowest BCUT2D eigenvalue weighted by atomic mass is 10.4. The van der Waals surface area contributed by atoms with E-state index in [-0.39, 0.29) is 24.3 Å². The van der Waals surface area contributed by atoms with Crippen LogP contribution in [0.5, 0.6) is 0 Å². The second-order valence-electron chi connectivity index (χ2n) is 6.16. The number of halogens is 1. The summed E-state index contributed by atoms with van der Waals surface area (Å²) < 4.78 is 10.8. The average Bonchev–Trinajstić information content (AvgIpc) is 3.38. The predicted octanol–water partition coefficient (Wildman–Crippen LogP) is 1.05. The number of carbonyl (C=O) groups is 1. The molecule has 0 aromatic carbocycles. The highest BCUT2D eigenvalue weighted by Gasteiger charge is 2.14. The quantitative estimate of drug-likeness (QED) is 0.343. The number of hydrogen-bond acceptors (Lipinski definition) is 7. The van der Waals surface area contributed by atoms with E-state index in [0.717, 1.165) is 9.53 Å². The van der Waals surface area contributed by atoms with Gasteiger partial charge < -0.3 is 9.30 Å². The summed E-state index contributed by atoms with van der Waals surface area (Å²) in [4.78, 5) is 45.4. The normalized spacial score (nSPS) is 11.8. The molecule has 0 saturated carbocycles. The van der Waals surface area contributed by atoms with Crippen molar-refractivity contribution in [3.63, 3.8) is 0 Å². The fourth-order valence-electron chi connectivity index (χ4n) is 2.93. The van der Waals surface area contributed by atoms with E-state index >= 15 is 0 Å². The molecule has 0 spiro atoms. The smallest absolute Gasteiger partial charge is 0.332 e. The minimum absolute atomic E-state index is 0.0224. The van der Waals surface area contributed by atoms with Crippen molar-refractivity contribution in [2.24, 2.45) is 14.1 Å². The van der Waals surface area contributed by atoms with Crippen molar-refractivity contribution in [2.75, 3.05) is 6.61 Å². The zero-order valence-electron chi connectivity index (χ0n) is 15.4. The van der Waals surface area contributed by atoms with Crippen LogP contribution < -0.4 is 11.2 Å². The molecule has 0 aliphatic carbocycles. The maximum absolute atomic E-state index is 12.4. The molecule has 0 aliphatic rings. The summed E-state index contributed by atoms with van der Waals surface area (Å²) in [6.07, 6.45) is 6.05. The summed E-state index contributed by atoms with van der Waals surface area (Å²) in [5.41, 5.74) is 0.223. The molecule has 4 aromatic heterocycles. The van der Waals surface area contributed by atoms with E-state index in [1.807, 2.05) is 11.6 Å². The molecule has 0 amide bonds. The van der Waals surface area contributed by atoms with Gasteiger partial charge in [0.25, 0.3) is 5.56 Å².